The summed E-state index contributed by atoms with van der Waals surface area (Å²) in [7, 11) is 0. The lowest BCUT2D eigenvalue weighted by atomic mass is 9.79. The molecule has 4 nitrogen and oxygen atoms in total. The first kappa shape index (κ1) is 18.2. The summed E-state index contributed by atoms with van der Waals surface area (Å²) in [5, 5.41) is 13.2. The molecule has 0 aromatic heterocycles. The molecular weight excluding hydrogens is 335 g/mol. The number of nitrogens with one attached hydrogen (secondary N) is 1. The smallest absolute Gasteiger partial charge is 0.340 e. The molecule has 1 aromatic rings. The second-order valence-electron chi connectivity index (χ2n) is 6.91. The molecule has 138 valence electrons. The van der Waals surface area contributed by atoms with Crippen molar-refractivity contribution in [1.82, 2.24) is 5.32 Å². The minimum atomic E-state index is -2.90. The minimum absolute atomic E-state index is 0.0572. The van der Waals surface area contributed by atoms with Gasteiger partial charge in [-0.1, -0.05) is 12.1 Å². The molecule has 2 fully saturated rings. The number of carbonyl (C=O) groups is 1. The van der Waals surface area contributed by atoms with Gasteiger partial charge in [0.2, 0.25) is 5.92 Å². The summed E-state index contributed by atoms with van der Waals surface area (Å²) in [6, 6.07) is 4.96. The molecule has 25 heavy (non-hydrogen) atoms. The predicted molar refractivity (Wildman–Crippen MR) is 85.0 cm³/mol. The van der Waals surface area contributed by atoms with E-state index >= 15 is 0 Å². The van der Waals surface area contributed by atoms with Crippen LogP contribution in [0.25, 0.3) is 0 Å². The van der Waals surface area contributed by atoms with Crippen LogP contribution < -0.4 is 5.32 Å². The fourth-order valence-electron chi connectivity index (χ4n) is 3.92. The second-order valence-corrected chi connectivity index (χ2v) is 6.91. The molecule has 3 rings (SSSR count). The van der Waals surface area contributed by atoms with Gasteiger partial charge in [-0.3, -0.25) is 0 Å². The molecule has 2 atom stereocenters. The highest BCUT2D eigenvalue weighted by atomic mass is 19.3. The molecule has 7 heteroatoms. The van der Waals surface area contributed by atoms with E-state index in [1.807, 2.05) is 0 Å². The van der Waals surface area contributed by atoms with Crippen LogP contribution in [0, 0.1) is 11.7 Å². The Morgan fingerprint density at radius 2 is 1.84 bits per heavy atom. The normalized spacial score (nSPS) is 26.3. The predicted octanol–water partition coefficient (Wildman–Crippen LogP) is 3.31. The van der Waals surface area contributed by atoms with Crippen LogP contribution in [-0.2, 0) is 15.1 Å². The van der Waals surface area contributed by atoms with E-state index in [1.165, 1.54) is 12.1 Å². The number of piperidine rings is 1. The second kappa shape index (κ2) is 6.96. The SMILES string of the molecule is O=C(O)[C@](OC1CCNCC1)(c1ccc(F)cc1)[C@@H]1CCC(F)(F)C1. The third kappa shape index (κ3) is 3.67. The number of hydrogen-bond donors (Lipinski definition) is 2. The summed E-state index contributed by atoms with van der Waals surface area (Å²) in [4.78, 5) is 12.3. The topological polar surface area (TPSA) is 58.6 Å². The highest BCUT2D eigenvalue weighted by Crippen LogP contribution is 2.50. The van der Waals surface area contributed by atoms with E-state index in [1.54, 1.807) is 0 Å². The average Bonchev–Trinajstić information content (AvgIpc) is 2.94. The first-order chi connectivity index (χ1) is 11.8. The van der Waals surface area contributed by atoms with Crippen LogP contribution >= 0.6 is 0 Å². The zero-order chi connectivity index (χ0) is 18.1. The summed E-state index contributed by atoms with van der Waals surface area (Å²) in [5.74, 6) is -5.56. The van der Waals surface area contributed by atoms with Gasteiger partial charge < -0.3 is 15.2 Å². The van der Waals surface area contributed by atoms with Crippen LogP contribution in [-0.4, -0.2) is 36.2 Å². The van der Waals surface area contributed by atoms with Gasteiger partial charge in [-0.15, -0.1) is 0 Å². The van der Waals surface area contributed by atoms with Gasteiger partial charge in [-0.2, -0.15) is 0 Å². The van der Waals surface area contributed by atoms with E-state index in [2.05, 4.69) is 5.32 Å². The van der Waals surface area contributed by atoms with E-state index in [0.29, 0.717) is 25.9 Å². The van der Waals surface area contributed by atoms with Gasteiger partial charge >= 0.3 is 5.97 Å². The number of hydrogen-bond acceptors (Lipinski definition) is 3. The highest BCUT2D eigenvalue weighted by molar-refractivity contribution is 5.80. The van der Waals surface area contributed by atoms with Crippen LogP contribution in [0.2, 0.25) is 0 Å². The minimum Gasteiger partial charge on any atom is -0.479 e. The zero-order valence-corrected chi connectivity index (χ0v) is 13.8. The van der Waals surface area contributed by atoms with Crippen molar-refractivity contribution in [2.24, 2.45) is 5.92 Å². The number of ether oxygens (including phenoxy) is 1. The van der Waals surface area contributed by atoms with Gasteiger partial charge in [0.1, 0.15) is 5.82 Å². The lowest BCUT2D eigenvalue weighted by molar-refractivity contribution is -0.192. The van der Waals surface area contributed by atoms with Crippen molar-refractivity contribution >= 4 is 5.97 Å². The Morgan fingerprint density at radius 3 is 2.36 bits per heavy atom. The van der Waals surface area contributed by atoms with Crippen molar-refractivity contribution < 1.29 is 27.8 Å². The molecule has 1 saturated carbocycles. The summed E-state index contributed by atoms with van der Waals surface area (Å²) in [6.07, 6.45) is 0.0439. The number of carboxylic acid groups (broad SMARTS) is 1. The molecule has 0 radical (unpaired) electrons. The Bertz CT molecular complexity index is 616. The van der Waals surface area contributed by atoms with E-state index in [0.717, 1.165) is 12.1 Å². The molecule has 0 spiro atoms. The average molecular weight is 357 g/mol. The first-order valence-electron chi connectivity index (χ1n) is 8.59. The molecule has 1 saturated heterocycles. The van der Waals surface area contributed by atoms with Crippen molar-refractivity contribution in [1.29, 1.82) is 0 Å². The van der Waals surface area contributed by atoms with Crippen LogP contribution in [0.4, 0.5) is 13.2 Å². The number of benzene rings is 1. The fraction of sp³-hybridized carbons (Fsp3) is 0.611. The van der Waals surface area contributed by atoms with E-state index in [4.69, 9.17) is 4.74 Å². The van der Waals surface area contributed by atoms with Gasteiger partial charge in [0.15, 0.2) is 5.60 Å². The van der Waals surface area contributed by atoms with Crippen molar-refractivity contribution in [3.63, 3.8) is 0 Å². The lowest BCUT2D eigenvalue weighted by Gasteiger charge is -2.39. The molecule has 1 aromatic carbocycles. The molecular formula is C18H22F3NO3. The van der Waals surface area contributed by atoms with Crippen molar-refractivity contribution in [2.75, 3.05) is 13.1 Å². The van der Waals surface area contributed by atoms with Crippen LogP contribution in [0.5, 0.6) is 0 Å². The Kier molecular flexibility index (Phi) is 5.06. The number of aliphatic carboxylic acids is 1. The number of alkyl halides is 2. The van der Waals surface area contributed by atoms with Crippen LogP contribution in [0.1, 0.15) is 37.7 Å². The zero-order valence-electron chi connectivity index (χ0n) is 13.8. The van der Waals surface area contributed by atoms with E-state index < -0.39 is 35.6 Å². The largest absolute Gasteiger partial charge is 0.479 e. The van der Waals surface area contributed by atoms with Crippen molar-refractivity contribution in [3.8, 4) is 0 Å². The Hall–Kier alpha value is -1.60. The fourth-order valence-corrected chi connectivity index (χ4v) is 3.92. The van der Waals surface area contributed by atoms with Gasteiger partial charge in [0, 0.05) is 18.8 Å². The highest BCUT2D eigenvalue weighted by Gasteiger charge is 2.56. The number of rotatable bonds is 5. The van der Waals surface area contributed by atoms with Gasteiger partial charge in [-0.05, 0) is 50.0 Å². The van der Waals surface area contributed by atoms with E-state index in [9.17, 15) is 23.1 Å². The third-order valence-electron chi connectivity index (χ3n) is 5.21. The molecule has 1 heterocycles. The van der Waals surface area contributed by atoms with Gasteiger partial charge in [-0.25, -0.2) is 18.0 Å². The molecule has 0 bridgehead atoms. The summed E-state index contributed by atoms with van der Waals surface area (Å²) in [5.41, 5.74) is -1.65. The maximum Gasteiger partial charge on any atom is 0.340 e. The standard InChI is InChI=1S/C18H22F3NO3/c19-14-3-1-12(2-4-14)18(16(23)24,13-5-8-17(20,21)11-13)25-15-6-9-22-10-7-15/h1-4,13,15,22H,5-11H2,(H,23,24)/t13-,18+/m1/s1. The lowest BCUT2D eigenvalue weighted by Crippen LogP contribution is -2.49. The molecule has 2 N–H and O–H groups in total. The number of halogens is 3. The summed E-state index contributed by atoms with van der Waals surface area (Å²) in [6.45, 7) is 1.37. The Morgan fingerprint density at radius 1 is 1.20 bits per heavy atom. The monoisotopic (exact) mass is 357 g/mol. The Balaban J connectivity index is 2.00. The quantitative estimate of drug-likeness (QED) is 0.849. The maximum absolute atomic E-state index is 13.8. The van der Waals surface area contributed by atoms with Crippen LogP contribution in [0.15, 0.2) is 24.3 Å². The number of carboxylic acids is 1. The first-order valence-corrected chi connectivity index (χ1v) is 8.59. The van der Waals surface area contributed by atoms with E-state index in [-0.39, 0.29) is 24.5 Å². The molecule has 0 unspecified atom stereocenters. The molecule has 0 amide bonds. The van der Waals surface area contributed by atoms with Crippen molar-refractivity contribution in [2.45, 2.75) is 49.7 Å². The molecule has 1 aliphatic carbocycles. The molecule has 2 aliphatic rings. The summed E-state index contributed by atoms with van der Waals surface area (Å²) < 4.78 is 47.0. The van der Waals surface area contributed by atoms with Crippen LogP contribution in [0.3, 0.4) is 0 Å². The molecule has 1 aliphatic heterocycles. The Labute approximate surface area is 144 Å². The van der Waals surface area contributed by atoms with Crippen molar-refractivity contribution in [3.05, 3.63) is 35.6 Å². The van der Waals surface area contributed by atoms with Gasteiger partial charge in [0.05, 0.1) is 6.10 Å². The maximum atomic E-state index is 13.8. The van der Waals surface area contributed by atoms with Gasteiger partial charge in [0.25, 0.3) is 0 Å². The third-order valence-corrected chi connectivity index (χ3v) is 5.21. The summed E-state index contributed by atoms with van der Waals surface area (Å²) >= 11 is 0.